The molecule has 1 amide bonds. The minimum atomic E-state index is 0.136. The van der Waals surface area contributed by atoms with Crippen LogP contribution in [0.3, 0.4) is 0 Å². The zero-order valence-electron chi connectivity index (χ0n) is 16.0. The van der Waals surface area contributed by atoms with Crippen molar-refractivity contribution in [2.24, 2.45) is 0 Å². The normalized spacial score (nSPS) is 22.3. The van der Waals surface area contributed by atoms with Gasteiger partial charge in [0.1, 0.15) is 5.75 Å². The molecule has 2 aromatic carbocycles. The Balaban J connectivity index is 1.40. The van der Waals surface area contributed by atoms with Gasteiger partial charge in [0.05, 0.1) is 19.7 Å². The number of methoxy groups -OCH3 is 1. The van der Waals surface area contributed by atoms with Gasteiger partial charge in [-0.05, 0) is 67.5 Å². The third kappa shape index (κ3) is 4.01. The minimum Gasteiger partial charge on any atom is -0.497 e. The van der Waals surface area contributed by atoms with Gasteiger partial charge in [-0.15, -0.1) is 0 Å². The van der Waals surface area contributed by atoms with Crippen LogP contribution in [0.25, 0.3) is 0 Å². The lowest BCUT2D eigenvalue weighted by atomic mass is 9.88. The lowest BCUT2D eigenvalue weighted by Gasteiger charge is -2.29. The first-order chi connectivity index (χ1) is 13.2. The standard InChI is InChI=1S/C23H28N2O2/c1-27-19-13-11-18(12-14-19)22-10-5-15-25(22)16-23(26)24-21-9-4-7-17-6-2-3-8-20(17)21/h2-3,6,8,11-14,21-22H,4-5,7,9-10,15-16H2,1H3,(H,24,26)/t21-,22-/m0/s1. The Morgan fingerprint density at radius 1 is 1.11 bits per heavy atom. The summed E-state index contributed by atoms with van der Waals surface area (Å²) in [6.45, 7) is 1.45. The van der Waals surface area contributed by atoms with E-state index in [-0.39, 0.29) is 11.9 Å². The summed E-state index contributed by atoms with van der Waals surface area (Å²) in [6, 6.07) is 17.2. The average Bonchev–Trinajstić information content (AvgIpc) is 3.16. The molecule has 1 aliphatic heterocycles. The van der Waals surface area contributed by atoms with Gasteiger partial charge in [0.2, 0.25) is 5.91 Å². The van der Waals surface area contributed by atoms with Crippen LogP contribution in [0.15, 0.2) is 48.5 Å². The van der Waals surface area contributed by atoms with E-state index in [4.69, 9.17) is 4.74 Å². The first-order valence-corrected chi connectivity index (χ1v) is 10.00. The Hall–Kier alpha value is -2.33. The Labute approximate surface area is 161 Å². The predicted molar refractivity (Wildman–Crippen MR) is 107 cm³/mol. The molecule has 1 N–H and O–H groups in total. The van der Waals surface area contributed by atoms with Crippen molar-refractivity contribution in [2.45, 2.75) is 44.2 Å². The number of nitrogens with one attached hydrogen (secondary N) is 1. The molecule has 0 radical (unpaired) electrons. The number of benzene rings is 2. The van der Waals surface area contributed by atoms with Crippen LogP contribution in [0.5, 0.6) is 5.75 Å². The van der Waals surface area contributed by atoms with Crippen LogP contribution in [-0.2, 0) is 11.2 Å². The highest BCUT2D eigenvalue weighted by Gasteiger charge is 2.29. The zero-order chi connectivity index (χ0) is 18.6. The number of nitrogens with zero attached hydrogens (tertiary/aromatic N) is 1. The zero-order valence-corrected chi connectivity index (χ0v) is 16.0. The average molecular weight is 364 g/mol. The maximum atomic E-state index is 12.8. The van der Waals surface area contributed by atoms with Gasteiger partial charge in [0.15, 0.2) is 0 Å². The number of carbonyl (C=O) groups is 1. The smallest absolute Gasteiger partial charge is 0.234 e. The maximum absolute atomic E-state index is 12.8. The van der Waals surface area contributed by atoms with Crippen molar-refractivity contribution in [1.82, 2.24) is 10.2 Å². The van der Waals surface area contributed by atoms with Crippen molar-refractivity contribution >= 4 is 5.91 Å². The van der Waals surface area contributed by atoms with Gasteiger partial charge in [-0.3, -0.25) is 9.69 Å². The van der Waals surface area contributed by atoms with Crippen LogP contribution in [0.2, 0.25) is 0 Å². The van der Waals surface area contributed by atoms with Gasteiger partial charge in [0, 0.05) is 6.04 Å². The first-order valence-electron chi connectivity index (χ1n) is 10.00. The van der Waals surface area contributed by atoms with Gasteiger partial charge < -0.3 is 10.1 Å². The largest absolute Gasteiger partial charge is 0.497 e. The molecule has 2 aromatic rings. The summed E-state index contributed by atoms with van der Waals surface area (Å²) in [5.41, 5.74) is 3.95. The molecule has 0 spiro atoms. The molecular weight excluding hydrogens is 336 g/mol. The highest BCUT2D eigenvalue weighted by molar-refractivity contribution is 5.78. The third-order valence-electron chi connectivity index (χ3n) is 5.92. The summed E-state index contributed by atoms with van der Waals surface area (Å²) in [7, 11) is 1.69. The summed E-state index contributed by atoms with van der Waals surface area (Å²) in [5, 5.41) is 3.29. The molecule has 4 rings (SSSR count). The van der Waals surface area contributed by atoms with E-state index in [2.05, 4.69) is 46.6 Å². The van der Waals surface area contributed by atoms with Gasteiger partial charge in [-0.25, -0.2) is 0 Å². The van der Waals surface area contributed by atoms with Crippen LogP contribution in [0.1, 0.15) is 54.5 Å². The Morgan fingerprint density at radius 2 is 1.93 bits per heavy atom. The molecule has 1 fully saturated rings. The number of hydrogen-bond donors (Lipinski definition) is 1. The molecule has 0 saturated carbocycles. The highest BCUT2D eigenvalue weighted by Crippen LogP contribution is 2.33. The van der Waals surface area contributed by atoms with Crippen molar-refractivity contribution in [2.75, 3.05) is 20.2 Å². The van der Waals surface area contributed by atoms with Crippen molar-refractivity contribution in [1.29, 1.82) is 0 Å². The van der Waals surface area contributed by atoms with Crippen molar-refractivity contribution in [3.8, 4) is 5.75 Å². The molecule has 4 heteroatoms. The van der Waals surface area contributed by atoms with E-state index < -0.39 is 0 Å². The van der Waals surface area contributed by atoms with Crippen molar-refractivity contribution < 1.29 is 9.53 Å². The first kappa shape index (κ1) is 18.1. The number of likely N-dealkylation sites (tertiary alicyclic amines) is 1. The second kappa shape index (κ2) is 8.13. The number of fused-ring (bicyclic) bond motifs is 1. The van der Waals surface area contributed by atoms with Gasteiger partial charge in [-0.1, -0.05) is 36.4 Å². The van der Waals surface area contributed by atoms with E-state index in [0.717, 1.165) is 44.4 Å². The summed E-state index contributed by atoms with van der Waals surface area (Å²) in [6.07, 6.45) is 5.53. The molecule has 142 valence electrons. The molecule has 0 aromatic heterocycles. The lowest BCUT2D eigenvalue weighted by Crippen LogP contribution is -2.39. The molecule has 1 heterocycles. The summed E-state index contributed by atoms with van der Waals surface area (Å²) >= 11 is 0. The van der Waals surface area contributed by atoms with Crippen molar-refractivity contribution in [3.05, 3.63) is 65.2 Å². The molecule has 4 nitrogen and oxygen atoms in total. The molecule has 2 atom stereocenters. The van der Waals surface area contributed by atoms with E-state index in [1.54, 1.807) is 7.11 Å². The molecule has 27 heavy (non-hydrogen) atoms. The fourth-order valence-corrected chi connectivity index (χ4v) is 4.55. The molecule has 1 saturated heterocycles. The van der Waals surface area contributed by atoms with Gasteiger partial charge in [-0.2, -0.15) is 0 Å². The van der Waals surface area contributed by atoms with Crippen LogP contribution in [-0.4, -0.2) is 31.0 Å². The maximum Gasteiger partial charge on any atom is 0.234 e. The Bertz CT molecular complexity index is 787. The van der Waals surface area contributed by atoms with Crippen LogP contribution in [0.4, 0.5) is 0 Å². The second-order valence-corrected chi connectivity index (χ2v) is 7.61. The van der Waals surface area contributed by atoms with Crippen LogP contribution in [0, 0.1) is 0 Å². The third-order valence-corrected chi connectivity index (χ3v) is 5.92. The van der Waals surface area contributed by atoms with E-state index in [0.29, 0.717) is 12.6 Å². The number of hydrogen-bond acceptors (Lipinski definition) is 3. The topological polar surface area (TPSA) is 41.6 Å². The summed E-state index contributed by atoms with van der Waals surface area (Å²) < 4.78 is 5.26. The monoisotopic (exact) mass is 364 g/mol. The second-order valence-electron chi connectivity index (χ2n) is 7.61. The lowest BCUT2D eigenvalue weighted by molar-refractivity contribution is -0.123. The number of amides is 1. The summed E-state index contributed by atoms with van der Waals surface area (Å²) in [4.78, 5) is 15.1. The number of ether oxygens (including phenoxy) is 1. The van der Waals surface area contributed by atoms with E-state index in [1.165, 1.54) is 16.7 Å². The van der Waals surface area contributed by atoms with Crippen LogP contribution < -0.4 is 10.1 Å². The van der Waals surface area contributed by atoms with E-state index in [1.807, 2.05) is 12.1 Å². The van der Waals surface area contributed by atoms with E-state index >= 15 is 0 Å². The number of rotatable bonds is 5. The SMILES string of the molecule is COc1ccc([C@@H]2CCCN2CC(=O)N[C@H]2CCCc3ccccc32)cc1. The summed E-state index contributed by atoms with van der Waals surface area (Å²) in [5.74, 6) is 1.01. The van der Waals surface area contributed by atoms with Gasteiger partial charge in [0.25, 0.3) is 0 Å². The molecule has 0 unspecified atom stereocenters. The molecule has 0 bridgehead atoms. The fraction of sp³-hybridized carbons (Fsp3) is 0.435. The quantitative estimate of drug-likeness (QED) is 0.871. The van der Waals surface area contributed by atoms with E-state index in [9.17, 15) is 4.79 Å². The number of carbonyl (C=O) groups excluding carboxylic acids is 1. The minimum absolute atomic E-state index is 0.136. The molecule has 1 aliphatic carbocycles. The number of aryl methyl sites for hydroxylation is 1. The molecule has 2 aliphatic rings. The van der Waals surface area contributed by atoms with Crippen LogP contribution >= 0.6 is 0 Å². The predicted octanol–water partition coefficient (Wildman–Crippen LogP) is 4.03. The fourth-order valence-electron chi connectivity index (χ4n) is 4.55. The van der Waals surface area contributed by atoms with Gasteiger partial charge >= 0.3 is 0 Å². The van der Waals surface area contributed by atoms with Crippen molar-refractivity contribution in [3.63, 3.8) is 0 Å². The highest BCUT2D eigenvalue weighted by atomic mass is 16.5. The molecular formula is C23H28N2O2. The Kier molecular flexibility index (Phi) is 5.44. The Morgan fingerprint density at radius 3 is 2.74 bits per heavy atom.